The fourth-order valence-corrected chi connectivity index (χ4v) is 4.19. The van der Waals surface area contributed by atoms with Crippen LogP contribution in [0.3, 0.4) is 0 Å². The molecule has 7 nitrogen and oxygen atoms in total. The minimum absolute atomic E-state index is 0.0200. The van der Waals surface area contributed by atoms with Gasteiger partial charge in [-0.2, -0.15) is 4.36 Å². The van der Waals surface area contributed by atoms with Crippen molar-refractivity contribution in [3.63, 3.8) is 0 Å². The topological polar surface area (TPSA) is 103 Å². The average Bonchev–Trinajstić information content (AvgIpc) is 2.72. The molecule has 1 amide bonds. The Morgan fingerprint density at radius 2 is 1.61 bits per heavy atom. The van der Waals surface area contributed by atoms with Gasteiger partial charge >= 0.3 is 0 Å². The van der Waals surface area contributed by atoms with E-state index < -0.39 is 20.6 Å². The SMILES string of the molecule is Cc1cc(C)cc(S(C)(=O)=NC(=O)c2cncc(C#Cc3ccc([N+](=O)[O-])cc3)c2)c1. The van der Waals surface area contributed by atoms with Crippen LogP contribution in [0.2, 0.25) is 0 Å². The molecule has 0 N–H and O–H groups in total. The summed E-state index contributed by atoms with van der Waals surface area (Å²) < 4.78 is 17.0. The molecule has 0 spiro atoms. The van der Waals surface area contributed by atoms with E-state index in [4.69, 9.17) is 0 Å². The zero-order valence-corrected chi connectivity index (χ0v) is 18.0. The zero-order chi connectivity index (χ0) is 22.6. The first kappa shape index (κ1) is 21.9. The van der Waals surface area contributed by atoms with E-state index in [9.17, 15) is 19.1 Å². The summed E-state index contributed by atoms with van der Waals surface area (Å²) in [7, 11) is -2.93. The van der Waals surface area contributed by atoms with Crippen LogP contribution in [0.15, 0.2) is 70.2 Å². The standard InChI is InChI=1S/C23H19N3O4S/c1-16-10-17(2)12-22(11-16)31(3,30)25-23(27)20-13-19(14-24-15-20)5-4-18-6-8-21(9-7-18)26(28)29/h6-15H,1-3H3. The van der Waals surface area contributed by atoms with Gasteiger partial charge in [-0.25, -0.2) is 4.21 Å². The van der Waals surface area contributed by atoms with Crippen LogP contribution in [-0.4, -0.2) is 26.3 Å². The molecule has 0 saturated heterocycles. The molecule has 8 heteroatoms. The van der Waals surface area contributed by atoms with Gasteiger partial charge in [0.05, 0.1) is 20.2 Å². The Hall–Kier alpha value is -3.83. The first-order valence-corrected chi connectivity index (χ1v) is 11.1. The maximum absolute atomic E-state index is 13.1. The zero-order valence-electron chi connectivity index (χ0n) is 17.2. The Morgan fingerprint density at radius 1 is 1.00 bits per heavy atom. The van der Waals surface area contributed by atoms with Gasteiger partial charge in [-0.1, -0.05) is 17.9 Å². The minimum Gasteiger partial charge on any atom is -0.266 e. The number of carbonyl (C=O) groups excluding carboxylic acids is 1. The highest BCUT2D eigenvalue weighted by Gasteiger charge is 2.13. The number of benzene rings is 2. The van der Waals surface area contributed by atoms with Crippen molar-refractivity contribution in [2.24, 2.45) is 4.36 Å². The summed E-state index contributed by atoms with van der Waals surface area (Å²) in [5.74, 6) is 5.09. The summed E-state index contributed by atoms with van der Waals surface area (Å²) in [6.07, 6.45) is 4.27. The van der Waals surface area contributed by atoms with Crippen molar-refractivity contribution in [3.05, 3.63) is 98.9 Å². The molecule has 0 fully saturated rings. The molecule has 31 heavy (non-hydrogen) atoms. The summed E-state index contributed by atoms with van der Waals surface area (Å²) in [6.45, 7) is 3.79. The van der Waals surface area contributed by atoms with Gasteiger partial charge in [0.2, 0.25) is 0 Å². The summed E-state index contributed by atoms with van der Waals surface area (Å²) in [5.41, 5.74) is 3.09. The van der Waals surface area contributed by atoms with E-state index in [0.29, 0.717) is 16.0 Å². The predicted molar refractivity (Wildman–Crippen MR) is 118 cm³/mol. The summed E-state index contributed by atoms with van der Waals surface area (Å²) >= 11 is 0. The van der Waals surface area contributed by atoms with Crippen molar-refractivity contribution in [3.8, 4) is 11.8 Å². The van der Waals surface area contributed by atoms with Crippen LogP contribution in [0, 0.1) is 35.8 Å². The predicted octanol–water partition coefficient (Wildman–Crippen LogP) is 4.30. The van der Waals surface area contributed by atoms with Crippen LogP contribution in [0.4, 0.5) is 5.69 Å². The van der Waals surface area contributed by atoms with Gasteiger partial charge in [-0.15, -0.1) is 0 Å². The molecule has 0 radical (unpaired) electrons. The number of non-ortho nitro benzene ring substituents is 1. The second-order valence-corrected chi connectivity index (χ2v) is 9.30. The smallest absolute Gasteiger partial charge is 0.266 e. The Kier molecular flexibility index (Phi) is 6.28. The number of hydrogen-bond acceptors (Lipinski definition) is 5. The number of nitro benzene ring substituents is 1. The molecule has 2 aromatic carbocycles. The number of nitrogens with zero attached hydrogens (tertiary/aromatic N) is 3. The Labute approximate surface area is 180 Å². The highest BCUT2D eigenvalue weighted by Crippen LogP contribution is 2.17. The van der Waals surface area contributed by atoms with Crippen LogP contribution in [-0.2, 0) is 9.73 Å². The fraction of sp³-hybridized carbons (Fsp3) is 0.130. The molecule has 1 aromatic heterocycles. The molecule has 0 saturated carbocycles. The minimum atomic E-state index is -2.93. The largest absolute Gasteiger partial charge is 0.286 e. The van der Waals surface area contributed by atoms with Gasteiger partial charge in [0.1, 0.15) is 0 Å². The Bertz CT molecular complexity index is 1340. The maximum atomic E-state index is 13.1. The number of nitro groups is 1. The van der Waals surface area contributed by atoms with Crippen LogP contribution in [0.1, 0.15) is 32.6 Å². The lowest BCUT2D eigenvalue weighted by molar-refractivity contribution is -0.384. The lowest BCUT2D eigenvalue weighted by Gasteiger charge is -2.07. The van der Waals surface area contributed by atoms with E-state index in [1.807, 2.05) is 19.9 Å². The van der Waals surface area contributed by atoms with Gasteiger partial charge in [0.15, 0.2) is 0 Å². The quantitative estimate of drug-likeness (QED) is 0.348. The molecule has 3 rings (SSSR count). The summed E-state index contributed by atoms with van der Waals surface area (Å²) in [4.78, 5) is 27.4. The number of pyridine rings is 1. The second-order valence-electron chi connectivity index (χ2n) is 7.04. The Balaban J connectivity index is 1.87. The van der Waals surface area contributed by atoms with E-state index in [1.165, 1.54) is 36.8 Å². The second kappa shape index (κ2) is 8.90. The third kappa shape index (κ3) is 5.62. The third-order valence-electron chi connectivity index (χ3n) is 4.30. The van der Waals surface area contributed by atoms with Crippen molar-refractivity contribution in [2.75, 3.05) is 6.26 Å². The van der Waals surface area contributed by atoms with E-state index in [2.05, 4.69) is 21.2 Å². The highest BCUT2D eigenvalue weighted by molar-refractivity contribution is 7.93. The number of aryl methyl sites for hydroxylation is 2. The van der Waals surface area contributed by atoms with E-state index in [0.717, 1.165) is 11.1 Å². The van der Waals surface area contributed by atoms with E-state index in [1.54, 1.807) is 24.3 Å². The first-order valence-electron chi connectivity index (χ1n) is 9.20. The fourth-order valence-electron chi connectivity index (χ4n) is 2.85. The lowest BCUT2D eigenvalue weighted by atomic mass is 10.1. The normalized spacial score (nSPS) is 12.2. The van der Waals surface area contributed by atoms with E-state index >= 15 is 0 Å². The molecular weight excluding hydrogens is 414 g/mol. The van der Waals surface area contributed by atoms with Gasteiger partial charge in [0, 0.05) is 46.8 Å². The molecule has 0 aliphatic carbocycles. The number of amides is 1. The molecule has 1 unspecified atom stereocenters. The molecule has 3 aromatic rings. The van der Waals surface area contributed by atoms with Crippen LogP contribution >= 0.6 is 0 Å². The monoisotopic (exact) mass is 433 g/mol. The maximum Gasteiger partial charge on any atom is 0.286 e. The van der Waals surface area contributed by atoms with E-state index in [-0.39, 0.29) is 11.3 Å². The molecule has 1 heterocycles. The molecule has 0 aliphatic heterocycles. The van der Waals surface area contributed by atoms with Gasteiger partial charge < -0.3 is 0 Å². The van der Waals surface area contributed by atoms with Crippen molar-refractivity contribution in [1.82, 2.24) is 4.98 Å². The number of hydrogen-bond donors (Lipinski definition) is 0. The van der Waals surface area contributed by atoms with Crippen LogP contribution in [0.25, 0.3) is 0 Å². The highest BCUT2D eigenvalue weighted by atomic mass is 32.2. The number of carbonyl (C=O) groups is 1. The number of aromatic nitrogens is 1. The van der Waals surface area contributed by atoms with Crippen molar-refractivity contribution in [2.45, 2.75) is 18.7 Å². The lowest BCUT2D eigenvalue weighted by Crippen LogP contribution is -2.05. The van der Waals surface area contributed by atoms with Gasteiger partial charge in [0.25, 0.3) is 11.6 Å². The average molecular weight is 433 g/mol. The van der Waals surface area contributed by atoms with Crippen molar-refractivity contribution < 1.29 is 13.9 Å². The molecule has 156 valence electrons. The van der Waals surface area contributed by atoms with Gasteiger partial charge in [-0.05, 0) is 55.3 Å². The molecular formula is C23H19N3O4S. The molecule has 0 aliphatic rings. The first-order chi connectivity index (χ1) is 14.6. The summed E-state index contributed by atoms with van der Waals surface area (Å²) in [5, 5.41) is 10.7. The molecule has 0 bridgehead atoms. The van der Waals surface area contributed by atoms with Crippen molar-refractivity contribution in [1.29, 1.82) is 0 Å². The summed E-state index contributed by atoms with van der Waals surface area (Å²) in [6, 6.07) is 12.8. The van der Waals surface area contributed by atoms with Crippen LogP contribution in [0.5, 0.6) is 0 Å². The Morgan fingerprint density at radius 3 is 2.23 bits per heavy atom. The van der Waals surface area contributed by atoms with Crippen LogP contribution < -0.4 is 0 Å². The third-order valence-corrected chi connectivity index (χ3v) is 5.93. The number of rotatable bonds is 3. The van der Waals surface area contributed by atoms with Gasteiger partial charge in [-0.3, -0.25) is 19.9 Å². The molecule has 1 atom stereocenters. The van der Waals surface area contributed by atoms with Crippen molar-refractivity contribution >= 4 is 21.3 Å².